The molecule has 0 aromatic heterocycles. The molecule has 2 aliphatic rings. The van der Waals surface area contributed by atoms with Gasteiger partial charge in [-0.15, -0.1) is 0 Å². The highest BCUT2D eigenvalue weighted by Crippen LogP contribution is 2.34. The van der Waals surface area contributed by atoms with Crippen LogP contribution in [0.25, 0.3) is 0 Å². The standard InChI is InChI=1S/C15H19FN2O/c16-13-7-5-12(6-8-13)15-17-10-14(19)18(15)9-1-2-11-3-4-11/h5-8,11,15,17H,1-4,9-10H2. The summed E-state index contributed by atoms with van der Waals surface area (Å²) in [6.07, 6.45) is 4.91. The molecule has 1 saturated heterocycles. The maximum atomic E-state index is 12.9. The van der Waals surface area contributed by atoms with E-state index >= 15 is 0 Å². The maximum Gasteiger partial charge on any atom is 0.238 e. The average Bonchev–Trinajstić information content (AvgIpc) is 3.16. The first-order chi connectivity index (χ1) is 9.24. The van der Waals surface area contributed by atoms with E-state index in [0.29, 0.717) is 6.54 Å². The molecule has 1 aliphatic heterocycles. The number of nitrogens with zero attached hydrogens (tertiary/aromatic N) is 1. The Morgan fingerprint density at radius 2 is 2.00 bits per heavy atom. The average molecular weight is 262 g/mol. The number of amides is 1. The molecule has 1 aromatic rings. The number of carbonyl (C=O) groups is 1. The third kappa shape index (κ3) is 2.95. The molecule has 1 amide bonds. The normalized spacial score (nSPS) is 23.1. The third-order valence-corrected chi connectivity index (χ3v) is 3.97. The van der Waals surface area contributed by atoms with Gasteiger partial charge in [-0.05, 0) is 36.5 Å². The van der Waals surface area contributed by atoms with Gasteiger partial charge >= 0.3 is 0 Å². The SMILES string of the molecule is O=C1CNC(c2ccc(F)cc2)N1CCCC1CC1. The van der Waals surface area contributed by atoms with Crippen molar-refractivity contribution in [2.75, 3.05) is 13.1 Å². The molecular weight excluding hydrogens is 243 g/mol. The largest absolute Gasteiger partial charge is 0.322 e. The molecule has 19 heavy (non-hydrogen) atoms. The summed E-state index contributed by atoms with van der Waals surface area (Å²) in [7, 11) is 0. The second-order valence-electron chi connectivity index (χ2n) is 5.51. The van der Waals surface area contributed by atoms with E-state index in [1.807, 2.05) is 4.90 Å². The molecule has 0 radical (unpaired) electrons. The first-order valence-corrected chi connectivity index (χ1v) is 7.02. The lowest BCUT2D eigenvalue weighted by Gasteiger charge is -2.24. The molecule has 1 aromatic carbocycles. The molecule has 2 fully saturated rings. The van der Waals surface area contributed by atoms with Crippen LogP contribution in [0.2, 0.25) is 0 Å². The molecule has 102 valence electrons. The monoisotopic (exact) mass is 262 g/mol. The lowest BCUT2D eigenvalue weighted by atomic mass is 10.1. The predicted octanol–water partition coefficient (Wildman–Crippen LogP) is 2.45. The molecule has 3 nitrogen and oxygen atoms in total. The molecule has 0 bridgehead atoms. The fourth-order valence-corrected chi connectivity index (χ4v) is 2.69. The van der Waals surface area contributed by atoms with Crippen molar-refractivity contribution in [3.8, 4) is 0 Å². The summed E-state index contributed by atoms with van der Waals surface area (Å²) >= 11 is 0. The van der Waals surface area contributed by atoms with Gasteiger partial charge in [-0.3, -0.25) is 10.1 Å². The van der Waals surface area contributed by atoms with Crippen molar-refractivity contribution in [3.63, 3.8) is 0 Å². The van der Waals surface area contributed by atoms with Crippen LogP contribution in [0, 0.1) is 11.7 Å². The Labute approximate surface area is 112 Å². The molecule has 1 heterocycles. The zero-order valence-corrected chi connectivity index (χ0v) is 10.9. The van der Waals surface area contributed by atoms with Gasteiger partial charge in [0.1, 0.15) is 12.0 Å². The Kier molecular flexibility index (Phi) is 3.51. The molecule has 0 spiro atoms. The van der Waals surface area contributed by atoms with Crippen LogP contribution in [0.5, 0.6) is 0 Å². The second kappa shape index (κ2) is 5.29. The fraction of sp³-hybridized carbons (Fsp3) is 0.533. The molecule has 1 N–H and O–H groups in total. The summed E-state index contributed by atoms with van der Waals surface area (Å²) in [6, 6.07) is 6.39. The summed E-state index contributed by atoms with van der Waals surface area (Å²) in [6.45, 7) is 1.18. The van der Waals surface area contributed by atoms with E-state index in [0.717, 1.165) is 24.4 Å². The first-order valence-electron chi connectivity index (χ1n) is 7.02. The minimum absolute atomic E-state index is 0.0905. The van der Waals surface area contributed by atoms with Crippen LogP contribution in [-0.2, 0) is 4.79 Å². The summed E-state index contributed by atoms with van der Waals surface area (Å²) in [4.78, 5) is 13.8. The molecule has 1 saturated carbocycles. The Balaban J connectivity index is 1.64. The molecule has 1 atom stereocenters. The van der Waals surface area contributed by atoms with Gasteiger partial charge in [0.2, 0.25) is 5.91 Å². The molecule has 4 heteroatoms. The van der Waals surface area contributed by atoms with E-state index in [9.17, 15) is 9.18 Å². The Morgan fingerprint density at radius 3 is 2.68 bits per heavy atom. The number of hydrogen-bond donors (Lipinski definition) is 1. The van der Waals surface area contributed by atoms with Gasteiger partial charge in [0.15, 0.2) is 0 Å². The molecular formula is C15H19FN2O. The van der Waals surface area contributed by atoms with Crippen LogP contribution >= 0.6 is 0 Å². The van der Waals surface area contributed by atoms with Crippen LogP contribution in [0.15, 0.2) is 24.3 Å². The lowest BCUT2D eigenvalue weighted by molar-refractivity contribution is -0.128. The van der Waals surface area contributed by atoms with Crippen molar-refractivity contribution < 1.29 is 9.18 Å². The molecule has 1 unspecified atom stereocenters. The van der Waals surface area contributed by atoms with Gasteiger partial charge in [-0.25, -0.2) is 4.39 Å². The van der Waals surface area contributed by atoms with Gasteiger partial charge in [-0.1, -0.05) is 25.0 Å². The zero-order chi connectivity index (χ0) is 13.2. The summed E-state index contributed by atoms with van der Waals surface area (Å²) in [5.41, 5.74) is 0.957. The summed E-state index contributed by atoms with van der Waals surface area (Å²) in [5.74, 6) is 0.799. The van der Waals surface area contributed by atoms with E-state index in [2.05, 4.69) is 5.32 Å². The number of halogens is 1. The number of nitrogens with one attached hydrogen (secondary N) is 1. The highest BCUT2D eigenvalue weighted by atomic mass is 19.1. The lowest BCUT2D eigenvalue weighted by Crippen LogP contribution is -2.31. The number of hydrogen-bond acceptors (Lipinski definition) is 2. The third-order valence-electron chi connectivity index (χ3n) is 3.97. The van der Waals surface area contributed by atoms with Crippen LogP contribution < -0.4 is 5.32 Å². The minimum Gasteiger partial charge on any atom is -0.322 e. The zero-order valence-electron chi connectivity index (χ0n) is 10.9. The molecule has 1 aliphatic carbocycles. The Bertz CT molecular complexity index is 456. The highest BCUT2D eigenvalue weighted by molar-refractivity contribution is 5.80. The highest BCUT2D eigenvalue weighted by Gasteiger charge is 2.31. The van der Waals surface area contributed by atoms with E-state index in [-0.39, 0.29) is 17.9 Å². The quantitative estimate of drug-likeness (QED) is 0.884. The summed E-state index contributed by atoms with van der Waals surface area (Å²) in [5, 5.41) is 3.20. The van der Waals surface area contributed by atoms with Crippen LogP contribution in [0.3, 0.4) is 0 Å². The van der Waals surface area contributed by atoms with Crippen LogP contribution in [0.4, 0.5) is 4.39 Å². The van der Waals surface area contributed by atoms with Crippen molar-refractivity contribution in [1.82, 2.24) is 10.2 Å². The van der Waals surface area contributed by atoms with Gasteiger partial charge < -0.3 is 4.90 Å². The number of carbonyl (C=O) groups excluding carboxylic acids is 1. The number of rotatable bonds is 5. The predicted molar refractivity (Wildman–Crippen MR) is 70.8 cm³/mol. The van der Waals surface area contributed by atoms with Crippen molar-refractivity contribution in [3.05, 3.63) is 35.6 Å². The van der Waals surface area contributed by atoms with Crippen LogP contribution in [0.1, 0.15) is 37.4 Å². The van der Waals surface area contributed by atoms with Crippen molar-refractivity contribution in [2.45, 2.75) is 31.8 Å². The Hall–Kier alpha value is -1.42. The second-order valence-corrected chi connectivity index (χ2v) is 5.51. The number of benzene rings is 1. The van der Waals surface area contributed by atoms with E-state index < -0.39 is 0 Å². The maximum absolute atomic E-state index is 12.9. The topological polar surface area (TPSA) is 32.3 Å². The molecule has 3 rings (SSSR count). The van der Waals surface area contributed by atoms with Gasteiger partial charge in [0, 0.05) is 6.54 Å². The fourth-order valence-electron chi connectivity index (χ4n) is 2.69. The van der Waals surface area contributed by atoms with Gasteiger partial charge in [0.05, 0.1) is 6.54 Å². The van der Waals surface area contributed by atoms with E-state index in [4.69, 9.17) is 0 Å². The van der Waals surface area contributed by atoms with Crippen molar-refractivity contribution in [2.24, 2.45) is 5.92 Å². The minimum atomic E-state index is -0.242. The first kappa shape index (κ1) is 12.6. The smallest absolute Gasteiger partial charge is 0.238 e. The van der Waals surface area contributed by atoms with Crippen molar-refractivity contribution in [1.29, 1.82) is 0 Å². The Morgan fingerprint density at radius 1 is 1.26 bits per heavy atom. The summed E-state index contributed by atoms with van der Waals surface area (Å²) < 4.78 is 12.9. The van der Waals surface area contributed by atoms with E-state index in [1.54, 1.807) is 12.1 Å². The van der Waals surface area contributed by atoms with Gasteiger partial charge in [0.25, 0.3) is 0 Å². The van der Waals surface area contributed by atoms with E-state index in [1.165, 1.54) is 31.4 Å². The van der Waals surface area contributed by atoms with Crippen LogP contribution in [-0.4, -0.2) is 23.9 Å². The van der Waals surface area contributed by atoms with Crippen molar-refractivity contribution >= 4 is 5.91 Å². The van der Waals surface area contributed by atoms with Gasteiger partial charge in [-0.2, -0.15) is 0 Å².